The molecule has 1 aromatic heterocycles. The lowest BCUT2D eigenvalue weighted by Crippen LogP contribution is -2.29. The summed E-state index contributed by atoms with van der Waals surface area (Å²) < 4.78 is 13.1. The highest BCUT2D eigenvalue weighted by Gasteiger charge is 2.30. The lowest BCUT2D eigenvalue weighted by Gasteiger charge is -2.19. The predicted molar refractivity (Wildman–Crippen MR) is 119 cm³/mol. The second-order valence-electron chi connectivity index (χ2n) is 8.12. The van der Waals surface area contributed by atoms with Gasteiger partial charge in [0.15, 0.2) is 0 Å². The topological polar surface area (TPSA) is 53.4 Å². The number of rotatable bonds is 5. The lowest BCUT2D eigenvalue weighted by atomic mass is 9.88. The Morgan fingerprint density at radius 2 is 2.06 bits per heavy atom. The molecule has 2 heterocycles. The normalized spacial score (nSPS) is 16.0. The summed E-state index contributed by atoms with van der Waals surface area (Å²) >= 11 is 0. The van der Waals surface area contributed by atoms with Crippen LogP contribution in [0.25, 0.3) is 11.1 Å². The van der Waals surface area contributed by atoms with Crippen LogP contribution in [0.15, 0.2) is 54.7 Å². The summed E-state index contributed by atoms with van der Waals surface area (Å²) in [5.41, 5.74) is 7.15. The van der Waals surface area contributed by atoms with Gasteiger partial charge in [-0.15, -0.1) is 0 Å². The Balaban J connectivity index is 1.57. The Hall–Kier alpha value is -3.05. The van der Waals surface area contributed by atoms with E-state index < -0.39 is 5.82 Å². The second-order valence-corrected chi connectivity index (χ2v) is 8.12. The van der Waals surface area contributed by atoms with Gasteiger partial charge in [-0.1, -0.05) is 37.3 Å². The molecule has 1 aliphatic heterocycles. The summed E-state index contributed by atoms with van der Waals surface area (Å²) in [4.78, 5) is 18.4. The molecule has 1 unspecified atom stereocenters. The van der Waals surface area contributed by atoms with Gasteiger partial charge in [-0.3, -0.25) is 4.79 Å². The van der Waals surface area contributed by atoms with Crippen LogP contribution in [0.4, 0.5) is 4.39 Å². The van der Waals surface area contributed by atoms with Crippen molar-refractivity contribution in [2.24, 2.45) is 0 Å². The van der Waals surface area contributed by atoms with Crippen molar-refractivity contribution < 1.29 is 14.3 Å². The summed E-state index contributed by atoms with van der Waals surface area (Å²) in [6.07, 6.45) is 2.85. The van der Waals surface area contributed by atoms with Crippen molar-refractivity contribution in [1.82, 2.24) is 9.88 Å². The summed E-state index contributed by atoms with van der Waals surface area (Å²) in [5.74, 6) is -0.482. The standard InChI is InChI=1S/C26H27FN2O2/c1-3-22-17(2)5-4-6-24(22)18-7-9-23(20(13-18)16-30)19-11-12-29(15-19)26(31)25-10-8-21(27)14-28-25/h4-10,13-14,19,30H,3,11-12,15-16H2,1-2H3. The first kappa shape index (κ1) is 21.2. The van der Waals surface area contributed by atoms with Gasteiger partial charge in [0.2, 0.25) is 0 Å². The van der Waals surface area contributed by atoms with Crippen LogP contribution in [-0.4, -0.2) is 34.0 Å². The highest BCUT2D eigenvalue weighted by atomic mass is 19.1. The van der Waals surface area contributed by atoms with E-state index >= 15 is 0 Å². The summed E-state index contributed by atoms with van der Waals surface area (Å²) in [5, 5.41) is 10.1. The number of aliphatic hydroxyl groups excluding tert-OH is 1. The minimum Gasteiger partial charge on any atom is -0.392 e. The number of likely N-dealkylation sites (tertiary alicyclic amines) is 1. The van der Waals surface area contributed by atoms with Gasteiger partial charge in [0.1, 0.15) is 11.5 Å². The van der Waals surface area contributed by atoms with E-state index in [1.807, 2.05) is 0 Å². The molecule has 4 nitrogen and oxygen atoms in total. The molecule has 4 rings (SSSR count). The molecule has 5 heteroatoms. The van der Waals surface area contributed by atoms with Crippen LogP contribution in [-0.2, 0) is 13.0 Å². The third kappa shape index (κ3) is 4.23. The van der Waals surface area contributed by atoms with E-state index in [2.05, 4.69) is 55.2 Å². The van der Waals surface area contributed by atoms with E-state index in [1.165, 1.54) is 28.8 Å². The minimum atomic E-state index is -0.455. The van der Waals surface area contributed by atoms with Crippen molar-refractivity contribution in [3.05, 3.63) is 88.5 Å². The highest BCUT2D eigenvalue weighted by Crippen LogP contribution is 2.34. The van der Waals surface area contributed by atoms with Crippen molar-refractivity contribution in [3.63, 3.8) is 0 Å². The van der Waals surface area contributed by atoms with Crippen molar-refractivity contribution in [1.29, 1.82) is 0 Å². The van der Waals surface area contributed by atoms with Crippen LogP contribution in [0.1, 0.15) is 52.0 Å². The van der Waals surface area contributed by atoms with Gasteiger partial charge in [-0.25, -0.2) is 9.37 Å². The summed E-state index contributed by atoms with van der Waals surface area (Å²) in [6.45, 7) is 5.43. The SMILES string of the molecule is CCc1c(C)cccc1-c1ccc(C2CCN(C(=O)c3ccc(F)cn3)C2)c(CO)c1. The van der Waals surface area contributed by atoms with Gasteiger partial charge in [-0.05, 0) is 71.3 Å². The molecule has 1 atom stereocenters. The van der Waals surface area contributed by atoms with Crippen LogP contribution in [0.3, 0.4) is 0 Å². The molecule has 2 aromatic carbocycles. The van der Waals surface area contributed by atoms with Gasteiger partial charge >= 0.3 is 0 Å². The molecule has 3 aromatic rings. The van der Waals surface area contributed by atoms with Crippen molar-refractivity contribution in [2.75, 3.05) is 13.1 Å². The fourth-order valence-electron chi connectivity index (χ4n) is 4.61. The van der Waals surface area contributed by atoms with Crippen LogP contribution >= 0.6 is 0 Å². The number of pyridine rings is 1. The number of hydrogen-bond acceptors (Lipinski definition) is 3. The molecule has 160 valence electrons. The van der Waals surface area contributed by atoms with Crippen LogP contribution in [0.5, 0.6) is 0 Å². The molecule has 31 heavy (non-hydrogen) atoms. The van der Waals surface area contributed by atoms with E-state index in [-0.39, 0.29) is 24.1 Å². The molecule has 0 bridgehead atoms. The van der Waals surface area contributed by atoms with Gasteiger partial charge in [-0.2, -0.15) is 0 Å². The van der Waals surface area contributed by atoms with E-state index in [0.29, 0.717) is 13.1 Å². The quantitative estimate of drug-likeness (QED) is 0.642. The maximum absolute atomic E-state index is 13.1. The zero-order valence-electron chi connectivity index (χ0n) is 17.9. The molecule has 0 saturated carbocycles. The molecule has 1 saturated heterocycles. The van der Waals surface area contributed by atoms with Crippen molar-refractivity contribution in [2.45, 2.75) is 39.2 Å². The highest BCUT2D eigenvalue weighted by molar-refractivity contribution is 5.92. The first-order chi connectivity index (χ1) is 15.0. The Labute approximate surface area is 182 Å². The number of halogens is 1. The lowest BCUT2D eigenvalue weighted by molar-refractivity contribution is 0.0785. The van der Waals surface area contributed by atoms with Gasteiger partial charge < -0.3 is 10.0 Å². The molecular weight excluding hydrogens is 391 g/mol. The maximum atomic E-state index is 13.1. The fraction of sp³-hybridized carbons (Fsp3) is 0.308. The van der Waals surface area contributed by atoms with Crippen LogP contribution in [0.2, 0.25) is 0 Å². The summed E-state index contributed by atoms with van der Waals surface area (Å²) in [7, 11) is 0. The average Bonchev–Trinajstić information content (AvgIpc) is 3.28. The largest absolute Gasteiger partial charge is 0.392 e. The van der Waals surface area contributed by atoms with Crippen LogP contribution < -0.4 is 0 Å². The number of carbonyl (C=O) groups is 1. The van der Waals surface area contributed by atoms with E-state index in [4.69, 9.17) is 0 Å². The first-order valence-corrected chi connectivity index (χ1v) is 10.7. The first-order valence-electron chi connectivity index (χ1n) is 10.7. The number of hydrogen-bond donors (Lipinski definition) is 1. The van der Waals surface area contributed by atoms with Crippen molar-refractivity contribution >= 4 is 5.91 Å². The number of aromatic nitrogens is 1. The number of amides is 1. The second kappa shape index (κ2) is 8.98. The predicted octanol–water partition coefficient (Wildman–Crippen LogP) is 4.88. The van der Waals surface area contributed by atoms with E-state index in [1.54, 1.807) is 4.90 Å². The third-order valence-electron chi connectivity index (χ3n) is 6.25. The van der Waals surface area contributed by atoms with Gasteiger partial charge in [0.05, 0.1) is 12.8 Å². The van der Waals surface area contributed by atoms with Gasteiger partial charge in [0, 0.05) is 19.0 Å². The Kier molecular flexibility index (Phi) is 6.14. The Bertz CT molecular complexity index is 1100. The molecule has 0 radical (unpaired) electrons. The number of aryl methyl sites for hydroxylation is 1. The number of benzene rings is 2. The number of carbonyl (C=O) groups excluding carboxylic acids is 1. The molecular formula is C26H27FN2O2. The van der Waals surface area contributed by atoms with E-state index in [0.717, 1.165) is 35.7 Å². The number of aliphatic hydroxyl groups is 1. The monoisotopic (exact) mass is 418 g/mol. The molecule has 1 amide bonds. The minimum absolute atomic E-state index is 0.0413. The zero-order chi connectivity index (χ0) is 22.0. The fourth-order valence-corrected chi connectivity index (χ4v) is 4.61. The molecule has 1 aliphatic rings. The molecule has 0 aliphatic carbocycles. The van der Waals surface area contributed by atoms with Crippen LogP contribution in [0, 0.1) is 12.7 Å². The Morgan fingerprint density at radius 1 is 1.23 bits per heavy atom. The Morgan fingerprint density at radius 3 is 2.77 bits per heavy atom. The zero-order valence-corrected chi connectivity index (χ0v) is 17.9. The number of nitrogens with zero attached hydrogens (tertiary/aromatic N) is 2. The smallest absolute Gasteiger partial charge is 0.272 e. The summed E-state index contributed by atoms with van der Waals surface area (Å²) in [6, 6.07) is 15.3. The maximum Gasteiger partial charge on any atom is 0.272 e. The molecule has 1 fully saturated rings. The average molecular weight is 419 g/mol. The van der Waals surface area contributed by atoms with Gasteiger partial charge in [0.25, 0.3) is 5.91 Å². The van der Waals surface area contributed by atoms with E-state index in [9.17, 15) is 14.3 Å². The molecule has 1 N–H and O–H groups in total. The third-order valence-corrected chi connectivity index (χ3v) is 6.25. The van der Waals surface area contributed by atoms with Crippen molar-refractivity contribution in [3.8, 4) is 11.1 Å². The molecule has 0 spiro atoms.